The molecule has 0 saturated carbocycles. The predicted octanol–water partition coefficient (Wildman–Crippen LogP) is 2.63. The van der Waals surface area contributed by atoms with Gasteiger partial charge in [0.1, 0.15) is 5.60 Å². The molecule has 0 aromatic heterocycles. The molecule has 3 rings (SSSR count). The number of alkyl halides is 3. The number of rotatable bonds is 2. The number of halogens is 3. The van der Waals surface area contributed by atoms with Gasteiger partial charge in [-0.25, -0.2) is 0 Å². The molecule has 1 fully saturated rings. The van der Waals surface area contributed by atoms with Crippen molar-refractivity contribution in [3.05, 3.63) is 65.2 Å². The molecule has 1 aliphatic rings. The number of carbonyl (C=O) groups is 1. The summed E-state index contributed by atoms with van der Waals surface area (Å²) in [6, 6.07) is 11.1. The Kier molecular flexibility index (Phi) is 3.76. The number of amides is 1. The molecule has 0 radical (unpaired) electrons. The van der Waals surface area contributed by atoms with Crippen LogP contribution in [0.3, 0.4) is 0 Å². The van der Waals surface area contributed by atoms with Crippen molar-refractivity contribution in [1.82, 2.24) is 4.90 Å². The van der Waals surface area contributed by atoms with E-state index >= 15 is 0 Å². The van der Waals surface area contributed by atoms with Gasteiger partial charge in [0.15, 0.2) is 0 Å². The van der Waals surface area contributed by atoms with E-state index < -0.39 is 17.3 Å². The number of benzene rings is 2. The van der Waals surface area contributed by atoms with Crippen LogP contribution in [0.2, 0.25) is 0 Å². The van der Waals surface area contributed by atoms with Gasteiger partial charge in [-0.05, 0) is 29.8 Å². The molecule has 24 heavy (non-hydrogen) atoms. The highest BCUT2D eigenvalue weighted by atomic mass is 19.4. The summed E-state index contributed by atoms with van der Waals surface area (Å²) in [5.74, 6) is -0.357. The van der Waals surface area contributed by atoms with E-state index in [0.717, 1.165) is 12.1 Å². The van der Waals surface area contributed by atoms with Gasteiger partial charge in [-0.2, -0.15) is 13.2 Å². The summed E-state index contributed by atoms with van der Waals surface area (Å²) < 4.78 is 38.4. The number of nitrogen functional groups attached to an aromatic ring is 1. The van der Waals surface area contributed by atoms with Crippen molar-refractivity contribution in [3.63, 3.8) is 0 Å². The average Bonchev–Trinajstić information content (AvgIpc) is 2.51. The quantitative estimate of drug-likeness (QED) is 0.829. The molecule has 0 atom stereocenters. The number of β-amino-alcohol motifs (C(OH)–C–C–N with tert-alkyl or cyclic N) is 1. The Hall–Kier alpha value is -2.54. The maximum absolute atomic E-state index is 12.8. The minimum absolute atomic E-state index is 0.0819. The van der Waals surface area contributed by atoms with Crippen molar-refractivity contribution in [2.45, 2.75) is 11.8 Å². The van der Waals surface area contributed by atoms with Crippen LogP contribution >= 0.6 is 0 Å². The van der Waals surface area contributed by atoms with Crippen molar-refractivity contribution in [2.75, 3.05) is 18.8 Å². The molecule has 0 bridgehead atoms. The van der Waals surface area contributed by atoms with E-state index in [2.05, 4.69) is 0 Å². The maximum atomic E-state index is 12.8. The molecule has 7 heteroatoms. The first kappa shape index (κ1) is 16.3. The molecule has 126 valence electrons. The highest BCUT2D eigenvalue weighted by molar-refractivity contribution is 5.99. The molecule has 0 spiro atoms. The molecule has 1 aliphatic heterocycles. The van der Waals surface area contributed by atoms with Crippen molar-refractivity contribution < 1.29 is 23.1 Å². The Balaban J connectivity index is 1.78. The van der Waals surface area contributed by atoms with Gasteiger partial charge < -0.3 is 15.7 Å². The molecule has 4 nitrogen and oxygen atoms in total. The van der Waals surface area contributed by atoms with Gasteiger partial charge in [0, 0.05) is 5.69 Å². The first-order valence-electron chi connectivity index (χ1n) is 7.25. The molecular formula is C17H15F3N2O2. The van der Waals surface area contributed by atoms with Crippen LogP contribution < -0.4 is 5.73 Å². The smallest absolute Gasteiger partial charge is 0.398 e. The monoisotopic (exact) mass is 336 g/mol. The van der Waals surface area contributed by atoms with Crippen LogP contribution in [0.25, 0.3) is 0 Å². The van der Waals surface area contributed by atoms with Crippen LogP contribution in [-0.4, -0.2) is 29.0 Å². The molecule has 2 aromatic rings. The number of hydrogen-bond donors (Lipinski definition) is 2. The molecule has 1 saturated heterocycles. The van der Waals surface area contributed by atoms with Crippen LogP contribution in [0.5, 0.6) is 0 Å². The van der Waals surface area contributed by atoms with E-state index in [9.17, 15) is 23.1 Å². The minimum atomic E-state index is -4.48. The third kappa shape index (κ3) is 2.82. The third-order valence-corrected chi connectivity index (χ3v) is 4.11. The highest BCUT2D eigenvalue weighted by Gasteiger charge is 2.46. The summed E-state index contributed by atoms with van der Waals surface area (Å²) in [5.41, 5.74) is 4.20. The van der Waals surface area contributed by atoms with E-state index in [1.807, 2.05) is 0 Å². The third-order valence-electron chi connectivity index (χ3n) is 4.11. The molecule has 0 aliphatic carbocycles. The standard InChI is InChI=1S/C17H15F3N2O2/c18-17(19,20)12-5-3-4-11(8-12)16(24)9-22(10-16)15(23)13-6-1-2-7-14(13)21/h1-8,24H,9-10,21H2. The highest BCUT2D eigenvalue weighted by Crippen LogP contribution is 2.37. The summed E-state index contributed by atoms with van der Waals surface area (Å²) in [6.45, 7) is -0.164. The summed E-state index contributed by atoms with van der Waals surface area (Å²) in [7, 11) is 0. The van der Waals surface area contributed by atoms with Gasteiger partial charge in [0.25, 0.3) is 5.91 Å². The zero-order valence-electron chi connectivity index (χ0n) is 12.5. The lowest BCUT2D eigenvalue weighted by Crippen LogP contribution is -2.61. The van der Waals surface area contributed by atoms with E-state index in [1.54, 1.807) is 24.3 Å². The van der Waals surface area contributed by atoms with Crippen molar-refractivity contribution in [2.24, 2.45) is 0 Å². The lowest BCUT2D eigenvalue weighted by molar-refractivity contribution is -0.138. The van der Waals surface area contributed by atoms with Crippen LogP contribution in [0, 0.1) is 0 Å². The number of aliphatic hydroxyl groups is 1. The van der Waals surface area contributed by atoms with Crippen molar-refractivity contribution >= 4 is 11.6 Å². The van der Waals surface area contributed by atoms with E-state index in [-0.39, 0.29) is 24.6 Å². The Morgan fingerprint density at radius 2 is 1.79 bits per heavy atom. The molecule has 2 aromatic carbocycles. The Morgan fingerprint density at radius 1 is 1.12 bits per heavy atom. The first-order chi connectivity index (χ1) is 11.2. The fourth-order valence-corrected chi connectivity index (χ4v) is 2.76. The van der Waals surface area contributed by atoms with Crippen LogP contribution in [0.1, 0.15) is 21.5 Å². The normalized spacial score (nSPS) is 16.6. The molecule has 1 heterocycles. The zero-order valence-corrected chi connectivity index (χ0v) is 12.5. The van der Waals surface area contributed by atoms with Gasteiger partial charge >= 0.3 is 6.18 Å². The lowest BCUT2D eigenvalue weighted by Gasteiger charge is -2.47. The summed E-state index contributed by atoms with van der Waals surface area (Å²) >= 11 is 0. The fourth-order valence-electron chi connectivity index (χ4n) is 2.76. The van der Waals surface area contributed by atoms with Gasteiger partial charge in [-0.15, -0.1) is 0 Å². The SMILES string of the molecule is Nc1ccccc1C(=O)N1CC(O)(c2cccc(C(F)(F)F)c2)C1. The second kappa shape index (κ2) is 5.52. The Labute approximate surface area is 136 Å². The zero-order chi connectivity index (χ0) is 17.5. The average molecular weight is 336 g/mol. The number of carbonyl (C=O) groups excluding carboxylic acids is 1. The number of nitrogens with two attached hydrogens (primary N) is 1. The lowest BCUT2D eigenvalue weighted by atomic mass is 9.84. The predicted molar refractivity (Wildman–Crippen MR) is 82.1 cm³/mol. The van der Waals surface area contributed by atoms with E-state index in [1.165, 1.54) is 17.0 Å². The summed E-state index contributed by atoms with van der Waals surface area (Å²) in [6.07, 6.45) is -4.48. The molecule has 0 unspecified atom stereocenters. The Morgan fingerprint density at radius 3 is 2.42 bits per heavy atom. The second-order valence-electron chi connectivity index (χ2n) is 5.86. The maximum Gasteiger partial charge on any atom is 0.416 e. The largest absolute Gasteiger partial charge is 0.416 e. The van der Waals surface area contributed by atoms with Crippen LogP contribution in [-0.2, 0) is 11.8 Å². The minimum Gasteiger partial charge on any atom is -0.398 e. The summed E-state index contributed by atoms with van der Waals surface area (Å²) in [5, 5.41) is 10.5. The number of likely N-dealkylation sites (tertiary alicyclic amines) is 1. The van der Waals surface area contributed by atoms with Crippen molar-refractivity contribution in [1.29, 1.82) is 0 Å². The first-order valence-corrected chi connectivity index (χ1v) is 7.25. The van der Waals surface area contributed by atoms with Gasteiger partial charge in [0.2, 0.25) is 0 Å². The number of anilines is 1. The summed E-state index contributed by atoms with van der Waals surface area (Å²) in [4.78, 5) is 13.7. The van der Waals surface area contributed by atoms with Gasteiger partial charge in [-0.1, -0.05) is 24.3 Å². The Bertz CT molecular complexity index is 783. The molecule has 1 amide bonds. The second-order valence-corrected chi connectivity index (χ2v) is 5.86. The van der Waals surface area contributed by atoms with Gasteiger partial charge in [0.05, 0.1) is 24.2 Å². The van der Waals surface area contributed by atoms with Crippen molar-refractivity contribution in [3.8, 4) is 0 Å². The van der Waals surface area contributed by atoms with Gasteiger partial charge in [-0.3, -0.25) is 4.79 Å². The number of para-hydroxylation sites is 1. The van der Waals surface area contributed by atoms with E-state index in [0.29, 0.717) is 11.3 Å². The van der Waals surface area contributed by atoms with Crippen LogP contribution in [0.15, 0.2) is 48.5 Å². The fraction of sp³-hybridized carbons (Fsp3) is 0.235. The number of nitrogens with zero attached hydrogens (tertiary/aromatic N) is 1. The number of hydrogen-bond acceptors (Lipinski definition) is 3. The topological polar surface area (TPSA) is 66.6 Å². The molecular weight excluding hydrogens is 321 g/mol. The molecule has 3 N–H and O–H groups in total. The van der Waals surface area contributed by atoms with E-state index in [4.69, 9.17) is 5.73 Å². The van der Waals surface area contributed by atoms with Crippen LogP contribution in [0.4, 0.5) is 18.9 Å².